The predicted molar refractivity (Wildman–Crippen MR) is 85.3 cm³/mol. The van der Waals surface area contributed by atoms with Gasteiger partial charge in [0.05, 0.1) is 12.8 Å². The van der Waals surface area contributed by atoms with Gasteiger partial charge in [-0.05, 0) is 31.0 Å². The van der Waals surface area contributed by atoms with Crippen LogP contribution in [0.5, 0.6) is 5.75 Å². The van der Waals surface area contributed by atoms with Crippen LogP contribution >= 0.6 is 0 Å². The van der Waals surface area contributed by atoms with Crippen LogP contribution in [0.15, 0.2) is 36.7 Å². The Morgan fingerprint density at radius 3 is 2.71 bits per heavy atom. The number of rotatable bonds is 9. The molecule has 0 bridgehead atoms. The van der Waals surface area contributed by atoms with E-state index >= 15 is 0 Å². The van der Waals surface area contributed by atoms with Gasteiger partial charge in [0.25, 0.3) is 0 Å². The maximum atomic E-state index is 5.71. The van der Waals surface area contributed by atoms with E-state index in [1.165, 1.54) is 24.0 Å². The smallest absolute Gasteiger partial charge is 0.119 e. The summed E-state index contributed by atoms with van der Waals surface area (Å²) in [5, 5.41) is 10.3. The highest BCUT2D eigenvalue weighted by Crippen LogP contribution is 2.15. The number of ether oxygens (including phenoxy) is 1. The molecule has 1 unspecified atom stereocenters. The second-order valence-corrected chi connectivity index (χ2v) is 5.33. The maximum Gasteiger partial charge on any atom is 0.119 e. The van der Waals surface area contributed by atoms with E-state index in [2.05, 4.69) is 41.5 Å². The molecule has 2 aromatic rings. The average molecular weight is 287 g/mol. The molecule has 21 heavy (non-hydrogen) atoms. The number of aromatic nitrogens is 2. The lowest BCUT2D eigenvalue weighted by Crippen LogP contribution is -2.17. The van der Waals surface area contributed by atoms with E-state index in [9.17, 15) is 0 Å². The predicted octanol–water partition coefficient (Wildman–Crippen LogP) is 3.83. The molecule has 0 spiro atoms. The minimum atomic E-state index is 0.286. The van der Waals surface area contributed by atoms with Crippen molar-refractivity contribution in [2.75, 3.05) is 6.61 Å². The van der Waals surface area contributed by atoms with Crippen LogP contribution in [-0.4, -0.2) is 16.8 Å². The number of unbranched alkanes of at least 4 members (excludes halogenated alkanes) is 2. The van der Waals surface area contributed by atoms with Crippen molar-refractivity contribution in [1.82, 2.24) is 15.5 Å². The number of nitrogens with one attached hydrogen (secondary N) is 2. The highest BCUT2D eigenvalue weighted by Gasteiger charge is 2.05. The highest BCUT2D eigenvalue weighted by atomic mass is 16.5. The van der Waals surface area contributed by atoms with Gasteiger partial charge >= 0.3 is 0 Å². The molecule has 2 rings (SSSR count). The van der Waals surface area contributed by atoms with Crippen molar-refractivity contribution in [2.24, 2.45) is 0 Å². The molecule has 0 aliphatic carbocycles. The summed E-state index contributed by atoms with van der Waals surface area (Å²) in [6.07, 6.45) is 7.36. The fourth-order valence-corrected chi connectivity index (χ4v) is 2.13. The normalized spacial score (nSPS) is 12.3. The molecule has 1 heterocycles. The van der Waals surface area contributed by atoms with Crippen molar-refractivity contribution in [3.8, 4) is 5.75 Å². The Bertz CT molecular complexity index is 493. The summed E-state index contributed by atoms with van der Waals surface area (Å²) in [5.41, 5.74) is 2.43. The topological polar surface area (TPSA) is 49.9 Å². The Morgan fingerprint density at radius 1 is 1.24 bits per heavy atom. The molecule has 1 aromatic carbocycles. The Labute approximate surface area is 126 Å². The molecule has 0 saturated heterocycles. The maximum absolute atomic E-state index is 5.71. The van der Waals surface area contributed by atoms with Gasteiger partial charge in [-0.1, -0.05) is 31.9 Å². The first-order valence-electron chi connectivity index (χ1n) is 7.73. The molecule has 2 N–H and O–H groups in total. The third kappa shape index (κ3) is 5.23. The minimum Gasteiger partial charge on any atom is -0.494 e. The van der Waals surface area contributed by atoms with Gasteiger partial charge in [-0.25, -0.2) is 0 Å². The molecule has 0 radical (unpaired) electrons. The van der Waals surface area contributed by atoms with Gasteiger partial charge in [0.2, 0.25) is 0 Å². The quantitative estimate of drug-likeness (QED) is 0.689. The summed E-state index contributed by atoms with van der Waals surface area (Å²) in [6.45, 7) is 5.98. The van der Waals surface area contributed by atoms with E-state index in [1.807, 2.05) is 24.5 Å². The van der Waals surface area contributed by atoms with E-state index in [1.54, 1.807) is 0 Å². The zero-order chi connectivity index (χ0) is 14.9. The lowest BCUT2D eigenvalue weighted by atomic mass is 10.1. The minimum absolute atomic E-state index is 0.286. The second-order valence-electron chi connectivity index (χ2n) is 5.33. The van der Waals surface area contributed by atoms with Crippen molar-refractivity contribution in [3.63, 3.8) is 0 Å². The second kappa shape index (κ2) is 8.47. The molecule has 0 fully saturated rings. The monoisotopic (exact) mass is 287 g/mol. The van der Waals surface area contributed by atoms with Crippen molar-refractivity contribution < 1.29 is 4.74 Å². The Morgan fingerprint density at radius 2 is 2.05 bits per heavy atom. The van der Waals surface area contributed by atoms with Gasteiger partial charge in [-0.2, -0.15) is 5.10 Å². The van der Waals surface area contributed by atoms with Gasteiger partial charge in [0.1, 0.15) is 5.75 Å². The standard InChI is InChI=1S/C17H25N3O/c1-3-4-5-10-21-17-8-6-15(7-9-17)11-18-14(2)16-12-19-20-13-16/h6-9,12-14,18H,3-5,10-11H2,1-2H3,(H,19,20). The Balaban J connectivity index is 1.74. The van der Waals surface area contributed by atoms with Gasteiger partial charge in [0, 0.05) is 24.3 Å². The van der Waals surface area contributed by atoms with Crippen LogP contribution in [0.2, 0.25) is 0 Å². The molecule has 0 aliphatic heterocycles. The number of benzene rings is 1. The Kier molecular flexibility index (Phi) is 6.28. The zero-order valence-corrected chi connectivity index (χ0v) is 12.9. The third-order valence-electron chi connectivity index (χ3n) is 3.57. The molecule has 4 nitrogen and oxygen atoms in total. The molecule has 1 aromatic heterocycles. The van der Waals surface area contributed by atoms with Crippen LogP contribution in [0, 0.1) is 0 Å². The van der Waals surface area contributed by atoms with E-state index < -0.39 is 0 Å². The van der Waals surface area contributed by atoms with E-state index in [0.29, 0.717) is 0 Å². The highest BCUT2D eigenvalue weighted by molar-refractivity contribution is 5.27. The Hall–Kier alpha value is -1.81. The molecule has 0 aliphatic rings. The molecular weight excluding hydrogens is 262 g/mol. The molecule has 0 saturated carbocycles. The summed E-state index contributed by atoms with van der Waals surface area (Å²) in [7, 11) is 0. The van der Waals surface area contributed by atoms with E-state index in [4.69, 9.17) is 4.74 Å². The van der Waals surface area contributed by atoms with Gasteiger partial charge in [-0.15, -0.1) is 0 Å². The van der Waals surface area contributed by atoms with Crippen molar-refractivity contribution in [1.29, 1.82) is 0 Å². The molecule has 4 heteroatoms. The van der Waals surface area contributed by atoms with Crippen molar-refractivity contribution in [2.45, 2.75) is 45.7 Å². The third-order valence-corrected chi connectivity index (χ3v) is 3.57. The van der Waals surface area contributed by atoms with Gasteiger partial charge < -0.3 is 10.1 Å². The van der Waals surface area contributed by atoms with E-state index in [-0.39, 0.29) is 6.04 Å². The largest absolute Gasteiger partial charge is 0.494 e. The summed E-state index contributed by atoms with van der Waals surface area (Å²) < 4.78 is 5.71. The fourth-order valence-electron chi connectivity index (χ4n) is 2.13. The lowest BCUT2D eigenvalue weighted by molar-refractivity contribution is 0.306. The number of aromatic amines is 1. The van der Waals surface area contributed by atoms with Crippen molar-refractivity contribution in [3.05, 3.63) is 47.8 Å². The first-order chi connectivity index (χ1) is 10.3. The first-order valence-corrected chi connectivity index (χ1v) is 7.73. The van der Waals surface area contributed by atoms with Crippen LogP contribution in [0.25, 0.3) is 0 Å². The molecule has 114 valence electrons. The molecule has 1 atom stereocenters. The van der Waals surface area contributed by atoms with Crippen LogP contribution in [0.1, 0.15) is 50.3 Å². The average Bonchev–Trinajstić information content (AvgIpc) is 3.05. The number of hydrogen-bond donors (Lipinski definition) is 2. The van der Waals surface area contributed by atoms with E-state index in [0.717, 1.165) is 25.3 Å². The number of nitrogens with zero attached hydrogens (tertiary/aromatic N) is 1. The lowest BCUT2D eigenvalue weighted by Gasteiger charge is -2.12. The van der Waals surface area contributed by atoms with Crippen LogP contribution in [0.3, 0.4) is 0 Å². The first kappa shape index (κ1) is 15.6. The SMILES string of the molecule is CCCCCOc1ccc(CNC(C)c2cn[nH]c2)cc1. The number of H-pyrrole nitrogens is 1. The van der Waals surface area contributed by atoms with Gasteiger partial charge in [-0.3, -0.25) is 5.10 Å². The van der Waals surface area contributed by atoms with Crippen LogP contribution in [-0.2, 0) is 6.54 Å². The molecule has 0 amide bonds. The summed E-state index contributed by atoms with van der Waals surface area (Å²) >= 11 is 0. The summed E-state index contributed by atoms with van der Waals surface area (Å²) in [4.78, 5) is 0. The number of hydrogen-bond acceptors (Lipinski definition) is 3. The molecular formula is C17H25N3O. The van der Waals surface area contributed by atoms with Crippen molar-refractivity contribution >= 4 is 0 Å². The summed E-state index contributed by atoms with van der Waals surface area (Å²) in [5.74, 6) is 0.956. The van der Waals surface area contributed by atoms with Crippen LogP contribution < -0.4 is 10.1 Å². The fraction of sp³-hybridized carbons (Fsp3) is 0.471. The van der Waals surface area contributed by atoms with Crippen LogP contribution in [0.4, 0.5) is 0 Å². The zero-order valence-electron chi connectivity index (χ0n) is 12.9. The summed E-state index contributed by atoms with van der Waals surface area (Å²) in [6, 6.07) is 8.61. The van der Waals surface area contributed by atoms with Gasteiger partial charge in [0.15, 0.2) is 0 Å².